The monoisotopic (exact) mass is 159 g/mol. The van der Waals surface area contributed by atoms with Crippen molar-refractivity contribution in [2.45, 2.75) is 65.8 Å². The third-order valence-corrected chi connectivity index (χ3v) is 2.16. The zero-order valence-corrected chi connectivity index (χ0v) is 8.91. The van der Waals surface area contributed by atoms with Gasteiger partial charge in [-0.3, -0.25) is 0 Å². The molecule has 0 fully saturated rings. The first-order chi connectivity index (χ1) is 5.18. The molecule has 0 heterocycles. The molecule has 70 valence electrons. The van der Waals surface area contributed by atoms with Crippen molar-refractivity contribution in [3.8, 4) is 0 Å². The molecular formula is C10H25N. The molecule has 0 bridgehead atoms. The molecule has 0 spiro atoms. The SMILES string of the molecule is CC.CCCC(N)(CC)CC. The molecule has 0 saturated heterocycles. The van der Waals surface area contributed by atoms with Crippen molar-refractivity contribution >= 4 is 0 Å². The minimum atomic E-state index is 0.134. The molecule has 0 saturated carbocycles. The predicted octanol–water partition coefficient (Wildman–Crippen LogP) is 3.33. The zero-order valence-electron chi connectivity index (χ0n) is 8.91. The van der Waals surface area contributed by atoms with Gasteiger partial charge >= 0.3 is 0 Å². The van der Waals surface area contributed by atoms with Crippen molar-refractivity contribution in [2.24, 2.45) is 5.73 Å². The highest BCUT2D eigenvalue weighted by molar-refractivity contribution is 4.79. The molecule has 0 aromatic heterocycles. The first-order valence-electron chi connectivity index (χ1n) is 4.97. The van der Waals surface area contributed by atoms with Gasteiger partial charge in [0.05, 0.1) is 0 Å². The van der Waals surface area contributed by atoms with Gasteiger partial charge in [-0.25, -0.2) is 0 Å². The van der Waals surface area contributed by atoms with E-state index in [1.54, 1.807) is 0 Å². The third kappa shape index (κ3) is 6.36. The average molecular weight is 159 g/mol. The van der Waals surface area contributed by atoms with E-state index >= 15 is 0 Å². The smallest absolute Gasteiger partial charge is 0.0149 e. The van der Waals surface area contributed by atoms with Gasteiger partial charge < -0.3 is 5.73 Å². The Bertz CT molecular complexity index is 65.3. The van der Waals surface area contributed by atoms with Crippen LogP contribution in [0.3, 0.4) is 0 Å². The van der Waals surface area contributed by atoms with E-state index in [0.717, 1.165) is 12.8 Å². The van der Waals surface area contributed by atoms with Gasteiger partial charge in [0.2, 0.25) is 0 Å². The van der Waals surface area contributed by atoms with E-state index in [1.807, 2.05) is 13.8 Å². The first kappa shape index (κ1) is 13.5. The summed E-state index contributed by atoms with van der Waals surface area (Å²) in [5, 5.41) is 0. The minimum absolute atomic E-state index is 0.134. The van der Waals surface area contributed by atoms with Gasteiger partial charge in [-0.05, 0) is 19.3 Å². The first-order valence-corrected chi connectivity index (χ1v) is 4.97. The number of hydrogen-bond acceptors (Lipinski definition) is 1. The molecule has 0 aromatic carbocycles. The lowest BCUT2D eigenvalue weighted by molar-refractivity contribution is 0.363. The maximum atomic E-state index is 6.01. The fourth-order valence-electron chi connectivity index (χ4n) is 1.10. The molecule has 0 aromatic rings. The second-order valence-electron chi connectivity index (χ2n) is 2.82. The van der Waals surface area contributed by atoms with Crippen LogP contribution in [-0.2, 0) is 0 Å². The molecule has 0 atom stereocenters. The molecule has 0 unspecified atom stereocenters. The molecule has 2 N–H and O–H groups in total. The molecule has 0 rings (SSSR count). The van der Waals surface area contributed by atoms with Crippen LogP contribution in [0.4, 0.5) is 0 Å². The lowest BCUT2D eigenvalue weighted by Crippen LogP contribution is -2.37. The normalized spacial score (nSPS) is 10.4. The highest BCUT2D eigenvalue weighted by Gasteiger charge is 2.17. The average Bonchev–Trinajstić information content (AvgIpc) is 2.08. The Balaban J connectivity index is 0. The van der Waals surface area contributed by atoms with Crippen molar-refractivity contribution in [2.75, 3.05) is 0 Å². The van der Waals surface area contributed by atoms with Crippen LogP contribution in [0.25, 0.3) is 0 Å². The Hall–Kier alpha value is -0.0400. The van der Waals surface area contributed by atoms with E-state index in [-0.39, 0.29) is 5.54 Å². The molecule has 11 heavy (non-hydrogen) atoms. The number of rotatable bonds is 4. The molecule has 0 aliphatic rings. The summed E-state index contributed by atoms with van der Waals surface area (Å²) in [6.45, 7) is 10.5. The summed E-state index contributed by atoms with van der Waals surface area (Å²) < 4.78 is 0. The topological polar surface area (TPSA) is 26.0 Å². The van der Waals surface area contributed by atoms with Gasteiger partial charge in [0.25, 0.3) is 0 Å². The van der Waals surface area contributed by atoms with Crippen LogP contribution < -0.4 is 5.73 Å². The molecule has 1 heteroatoms. The van der Waals surface area contributed by atoms with Crippen LogP contribution >= 0.6 is 0 Å². The summed E-state index contributed by atoms with van der Waals surface area (Å²) in [7, 11) is 0. The van der Waals surface area contributed by atoms with Gasteiger partial charge in [0.1, 0.15) is 0 Å². The van der Waals surface area contributed by atoms with Crippen LogP contribution in [0, 0.1) is 0 Å². The predicted molar refractivity (Wildman–Crippen MR) is 53.8 cm³/mol. The second kappa shape index (κ2) is 8.06. The molecule has 0 aliphatic heterocycles. The number of nitrogens with two attached hydrogens (primary N) is 1. The van der Waals surface area contributed by atoms with E-state index in [9.17, 15) is 0 Å². The van der Waals surface area contributed by atoms with E-state index < -0.39 is 0 Å². The highest BCUT2D eigenvalue weighted by atomic mass is 14.7. The maximum absolute atomic E-state index is 6.01. The van der Waals surface area contributed by atoms with Crippen LogP contribution in [0.5, 0.6) is 0 Å². The van der Waals surface area contributed by atoms with Gasteiger partial charge in [-0.1, -0.05) is 41.0 Å². The van der Waals surface area contributed by atoms with Crippen LogP contribution in [0.15, 0.2) is 0 Å². The fourth-order valence-corrected chi connectivity index (χ4v) is 1.10. The summed E-state index contributed by atoms with van der Waals surface area (Å²) in [4.78, 5) is 0. The maximum Gasteiger partial charge on any atom is 0.0149 e. The van der Waals surface area contributed by atoms with Crippen LogP contribution in [0.2, 0.25) is 0 Å². The zero-order chi connectivity index (χ0) is 9.33. The lowest BCUT2D eigenvalue weighted by Gasteiger charge is -2.25. The lowest BCUT2D eigenvalue weighted by atomic mass is 9.89. The standard InChI is InChI=1S/C8H19N.C2H6/c1-4-7-8(9,5-2)6-3;1-2/h4-7,9H2,1-3H3;1-2H3. The molecule has 0 amide bonds. The molecule has 1 nitrogen and oxygen atoms in total. The summed E-state index contributed by atoms with van der Waals surface area (Å²) in [5.74, 6) is 0. The highest BCUT2D eigenvalue weighted by Crippen LogP contribution is 2.16. The second-order valence-corrected chi connectivity index (χ2v) is 2.82. The summed E-state index contributed by atoms with van der Waals surface area (Å²) in [6.07, 6.45) is 4.59. The summed E-state index contributed by atoms with van der Waals surface area (Å²) >= 11 is 0. The van der Waals surface area contributed by atoms with E-state index in [0.29, 0.717) is 0 Å². The van der Waals surface area contributed by atoms with E-state index in [2.05, 4.69) is 20.8 Å². The van der Waals surface area contributed by atoms with E-state index in [4.69, 9.17) is 5.73 Å². The minimum Gasteiger partial charge on any atom is -0.325 e. The Morgan fingerprint density at radius 2 is 1.36 bits per heavy atom. The third-order valence-electron chi connectivity index (χ3n) is 2.16. The Morgan fingerprint density at radius 1 is 1.00 bits per heavy atom. The van der Waals surface area contributed by atoms with Crippen molar-refractivity contribution in [1.29, 1.82) is 0 Å². The molecule has 0 radical (unpaired) electrons. The Morgan fingerprint density at radius 3 is 1.45 bits per heavy atom. The van der Waals surface area contributed by atoms with Crippen LogP contribution in [-0.4, -0.2) is 5.54 Å². The van der Waals surface area contributed by atoms with Crippen molar-refractivity contribution in [1.82, 2.24) is 0 Å². The Kier molecular flexibility index (Phi) is 9.92. The van der Waals surface area contributed by atoms with Crippen LogP contribution in [0.1, 0.15) is 60.3 Å². The quantitative estimate of drug-likeness (QED) is 0.669. The largest absolute Gasteiger partial charge is 0.325 e. The van der Waals surface area contributed by atoms with Gasteiger partial charge in [0, 0.05) is 5.54 Å². The molecule has 0 aliphatic carbocycles. The summed E-state index contributed by atoms with van der Waals surface area (Å²) in [5.41, 5.74) is 6.14. The molecular weight excluding hydrogens is 134 g/mol. The van der Waals surface area contributed by atoms with E-state index in [1.165, 1.54) is 12.8 Å². The van der Waals surface area contributed by atoms with Crippen molar-refractivity contribution in [3.05, 3.63) is 0 Å². The van der Waals surface area contributed by atoms with Crippen molar-refractivity contribution in [3.63, 3.8) is 0 Å². The van der Waals surface area contributed by atoms with Gasteiger partial charge in [0.15, 0.2) is 0 Å². The number of hydrogen-bond donors (Lipinski definition) is 1. The summed E-state index contributed by atoms with van der Waals surface area (Å²) in [6, 6.07) is 0. The fraction of sp³-hybridized carbons (Fsp3) is 1.00. The van der Waals surface area contributed by atoms with Gasteiger partial charge in [-0.2, -0.15) is 0 Å². The Labute approximate surface area is 72.4 Å². The van der Waals surface area contributed by atoms with Crippen molar-refractivity contribution < 1.29 is 0 Å². The van der Waals surface area contributed by atoms with Gasteiger partial charge in [-0.15, -0.1) is 0 Å².